The van der Waals surface area contributed by atoms with Crippen molar-refractivity contribution in [2.45, 2.75) is 64.4 Å². The number of hydrogen-bond donors (Lipinski definition) is 1. The van der Waals surface area contributed by atoms with Crippen LogP contribution < -0.4 is 0 Å². The van der Waals surface area contributed by atoms with E-state index in [2.05, 4.69) is 6.92 Å². The lowest BCUT2D eigenvalue weighted by Crippen LogP contribution is -2.42. The first-order valence-electron chi connectivity index (χ1n) is 8.23. The number of carbonyl (C=O) groups is 1. The Hall–Kier alpha value is -0.890. The molecule has 0 aromatic heterocycles. The molecule has 2 fully saturated rings. The van der Waals surface area contributed by atoms with Gasteiger partial charge in [0.1, 0.15) is 0 Å². The zero-order chi connectivity index (χ0) is 13.9. The number of hydrogen-bond acceptors (Lipinski definition) is 2. The second-order valence-electron chi connectivity index (χ2n) is 7.49. The molecule has 2 heteroatoms. The number of carbonyl (C=O) groups excluding carboxylic acids is 1. The summed E-state index contributed by atoms with van der Waals surface area (Å²) in [6, 6.07) is 0. The van der Waals surface area contributed by atoms with Gasteiger partial charge in [-0.1, -0.05) is 12.5 Å². The SMILES string of the molecule is C[C@]12CCC3=C4CCC(=O)C=C4CCC3C1CCC2O. The Morgan fingerprint density at radius 1 is 1.15 bits per heavy atom. The maximum Gasteiger partial charge on any atom is 0.156 e. The van der Waals surface area contributed by atoms with Gasteiger partial charge in [-0.2, -0.15) is 0 Å². The molecule has 0 aliphatic heterocycles. The number of fused-ring (bicyclic) bond motifs is 4. The summed E-state index contributed by atoms with van der Waals surface area (Å²) < 4.78 is 0. The molecule has 0 radical (unpaired) electrons. The summed E-state index contributed by atoms with van der Waals surface area (Å²) in [4.78, 5) is 11.6. The molecule has 1 N–H and O–H groups in total. The number of rotatable bonds is 0. The minimum Gasteiger partial charge on any atom is -0.393 e. The maximum absolute atomic E-state index is 11.6. The average Bonchev–Trinajstić information content (AvgIpc) is 2.74. The molecule has 20 heavy (non-hydrogen) atoms. The number of allylic oxidation sites excluding steroid dienone is 4. The highest BCUT2D eigenvalue weighted by atomic mass is 16.3. The van der Waals surface area contributed by atoms with Crippen LogP contribution in [0.4, 0.5) is 0 Å². The third kappa shape index (κ3) is 1.64. The summed E-state index contributed by atoms with van der Waals surface area (Å²) in [6.45, 7) is 2.31. The lowest BCUT2D eigenvalue weighted by Gasteiger charge is -2.48. The van der Waals surface area contributed by atoms with E-state index in [1.54, 1.807) is 5.57 Å². The average molecular weight is 272 g/mol. The molecule has 4 aliphatic rings. The van der Waals surface area contributed by atoms with E-state index in [1.165, 1.54) is 24.0 Å². The fraction of sp³-hybridized carbons (Fsp3) is 0.722. The summed E-state index contributed by atoms with van der Waals surface area (Å²) in [7, 11) is 0. The predicted octanol–water partition coefficient (Wildman–Crippen LogP) is 3.55. The zero-order valence-electron chi connectivity index (χ0n) is 12.3. The van der Waals surface area contributed by atoms with Crippen molar-refractivity contribution < 1.29 is 9.90 Å². The van der Waals surface area contributed by atoms with Crippen molar-refractivity contribution in [3.05, 3.63) is 22.8 Å². The smallest absolute Gasteiger partial charge is 0.156 e. The quantitative estimate of drug-likeness (QED) is 0.732. The molecule has 0 heterocycles. The van der Waals surface area contributed by atoms with Gasteiger partial charge in [0.15, 0.2) is 5.78 Å². The van der Waals surface area contributed by atoms with Gasteiger partial charge >= 0.3 is 0 Å². The first-order valence-corrected chi connectivity index (χ1v) is 8.23. The van der Waals surface area contributed by atoms with Crippen LogP contribution in [0.2, 0.25) is 0 Å². The first kappa shape index (κ1) is 12.8. The normalized spacial score (nSPS) is 43.8. The number of aliphatic hydroxyl groups excluding tert-OH is 1. The van der Waals surface area contributed by atoms with Gasteiger partial charge in [-0.15, -0.1) is 0 Å². The summed E-state index contributed by atoms with van der Waals surface area (Å²) in [5.41, 5.74) is 4.69. The van der Waals surface area contributed by atoms with E-state index < -0.39 is 0 Å². The van der Waals surface area contributed by atoms with Crippen LogP contribution in [0.25, 0.3) is 0 Å². The summed E-state index contributed by atoms with van der Waals surface area (Å²) >= 11 is 0. The van der Waals surface area contributed by atoms with Crippen molar-refractivity contribution in [3.8, 4) is 0 Å². The van der Waals surface area contributed by atoms with E-state index in [9.17, 15) is 9.90 Å². The Kier molecular flexibility index (Phi) is 2.76. The van der Waals surface area contributed by atoms with Crippen LogP contribution in [-0.4, -0.2) is 17.0 Å². The van der Waals surface area contributed by atoms with E-state index in [-0.39, 0.29) is 11.5 Å². The largest absolute Gasteiger partial charge is 0.393 e. The highest BCUT2D eigenvalue weighted by molar-refractivity contribution is 5.93. The standard InChI is InChI=1S/C18H24O2/c1-18-9-8-14-13-5-3-12(19)10-11(13)2-4-15(14)16(18)6-7-17(18)20/h10,15-17,20H,2-9H2,1H3/t15?,16?,17?,18-/m0/s1. The van der Waals surface area contributed by atoms with Crippen LogP contribution >= 0.6 is 0 Å². The van der Waals surface area contributed by atoms with E-state index in [0.717, 1.165) is 32.1 Å². The molecule has 4 rings (SSSR count). The van der Waals surface area contributed by atoms with Crippen LogP contribution in [0.3, 0.4) is 0 Å². The molecule has 0 amide bonds. The molecule has 2 saturated carbocycles. The molecule has 0 bridgehead atoms. The van der Waals surface area contributed by atoms with Crippen molar-refractivity contribution >= 4 is 5.78 Å². The Morgan fingerprint density at radius 2 is 2.00 bits per heavy atom. The third-order valence-electron chi connectivity index (χ3n) is 6.68. The Morgan fingerprint density at radius 3 is 2.85 bits per heavy atom. The Balaban J connectivity index is 1.74. The summed E-state index contributed by atoms with van der Waals surface area (Å²) in [5, 5.41) is 10.4. The molecule has 2 nitrogen and oxygen atoms in total. The highest BCUT2D eigenvalue weighted by Gasteiger charge is 2.53. The van der Waals surface area contributed by atoms with Crippen LogP contribution in [0.15, 0.2) is 22.8 Å². The van der Waals surface area contributed by atoms with E-state index in [0.29, 0.717) is 24.0 Å². The van der Waals surface area contributed by atoms with E-state index in [1.807, 2.05) is 6.08 Å². The maximum atomic E-state index is 11.6. The molecule has 0 saturated heterocycles. The minimum absolute atomic E-state index is 0.0936. The van der Waals surface area contributed by atoms with Gasteiger partial charge in [0.25, 0.3) is 0 Å². The highest BCUT2D eigenvalue weighted by Crippen LogP contribution is 2.59. The van der Waals surface area contributed by atoms with Crippen molar-refractivity contribution in [1.29, 1.82) is 0 Å². The topological polar surface area (TPSA) is 37.3 Å². The van der Waals surface area contributed by atoms with Gasteiger partial charge in [0.05, 0.1) is 6.10 Å². The Labute approximate surface area is 120 Å². The van der Waals surface area contributed by atoms with Gasteiger partial charge in [-0.25, -0.2) is 0 Å². The number of ketones is 1. The fourth-order valence-electron chi connectivity index (χ4n) is 5.50. The second-order valence-corrected chi connectivity index (χ2v) is 7.49. The van der Waals surface area contributed by atoms with Gasteiger partial charge in [0.2, 0.25) is 0 Å². The van der Waals surface area contributed by atoms with Gasteiger partial charge in [0, 0.05) is 6.42 Å². The van der Waals surface area contributed by atoms with Crippen molar-refractivity contribution in [3.63, 3.8) is 0 Å². The van der Waals surface area contributed by atoms with Crippen LogP contribution in [0.1, 0.15) is 58.3 Å². The van der Waals surface area contributed by atoms with Crippen LogP contribution in [0, 0.1) is 17.3 Å². The third-order valence-corrected chi connectivity index (χ3v) is 6.68. The van der Waals surface area contributed by atoms with E-state index in [4.69, 9.17) is 0 Å². The predicted molar refractivity (Wildman–Crippen MR) is 78.1 cm³/mol. The molecule has 3 unspecified atom stereocenters. The van der Waals surface area contributed by atoms with E-state index >= 15 is 0 Å². The minimum atomic E-state index is -0.0936. The molecular weight excluding hydrogens is 248 g/mol. The molecule has 108 valence electrons. The fourth-order valence-corrected chi connectivity index (χ4v) is 5.50. The molecular formula is C18H24O2. The molecule has 0 spiro atoms. The van der Waals surface area contributed by atoms with Crippen LogP contribution in [-0.2, 0) is 4.79 Å². The second kappa shape index (κ2) is 4.30. The monoisotopic (exact) mass is 272 g/mol. The summed E-state index contributed by atoms with van der Waals surface area (Å²) in [6.07, 6.45) is 10.2. The lowest BCUT2D eigenvalue weighted by molar-refractivity contribution is -0.114. The van der Waals surface area contributed by atoms with Gasteiger partial charge in [-0.3, -0.25) is 4.79 Å². The van der Waals surface area contributed by atoms with Gasteiger partial charge in [-0.05, 0) is 79.4 Å². The van der Waals surface area contributed by atoms with Crippen LogP contribution in [0.5, 0.6) is 0 Å². The molecule has 4 aliphatic carbocycles. The molecule has 4 atom stereocenters. The molecule has 0 aromatic rings. The first-order chi connectivity index (χ1) is 9.59. The Bertz CT molecular complexity index is 528. The van der Waals surface area contributed by atoms with Gasteiger partial charge < -0.3 is 5.11 Å². The number of aliphatic hydroxyl groups is 1. The lowest BCUT2D eigenvalue weighted by atomic mass is 9.57. The van der Waals surface area contributed by atoms with Crippen molar-refractivity contribution in [2.75, 3.05) is 0 Å². The summed E-state index contributed by atoms with van der Waals surface area (Å²) in [5.74, 6) is 1.68. The van der Waals surface area contributed by atoms with Crippen molar-refractivity contribution in [2.24, 2.45) is 17.3 Å². The molecule has 0 aromatic carbocycles. The zero-order valence-corrected chi connectivity index (χ0v) is 12.3. The van der Waals surface area contributed by atoms with Crippen molar-refractivity contribution in [1.82, 2.24) is 0 Å².